The zero-order valence-electron chi connectivity index (χ0n) is 5.72. The van der Waals surface area contributed by atoms with Crippen LogP contribution in [-0.4, -0.2) is 41.1 Å². The maximum atomic E-state index is 10.7. The fraction of sp³-hybridized carbons (Fsp3) is 0.333. The lowest BCUT2D eigenvalue weighted by Gasteiger charge is -2.06. The Bertz CT molecular complexity index is 267. The lowest BCUT2D eigenvalue weighted by Crippen LogP contribution is -2.34. The fourth-order valence-electron chi connectivity index (χ4n) is 0.748. The minimum Gasteiger partial charge on any atom is -0.444 e. The van der Waals surface area contributed by atoms with Crippen LogP contribution in [-0.2, 0) is 23.9 Å². The largest absolute Gasteiger partial charge is 0.444 e. The van der Waals surface area contributed by atoms with Crippen LogP contribution in [0.25, 0.3) is 0 Å². The smallest absolute Gasteiger partial charge is 0.383 e. The molecular weight excluding hydrogens is 168 g/mol. The molecule has 1 aliphatic heterocycles. The summed E-state index contributed by atoms with van der Waals surface area (Å²) in [5.41, 5.74) is 0. The zero-order chi connectivity index (χ0) is 9.30. The number of hydrogen-bond donors (Lipinski definition) is 1. The van der Waals surface area contributed by atoms with Crippen molar-refractivity contribution in [2.45, 2.75) is 12.2 Å². The average molecular weight is 172 g/mol. The molecule has 1 N–H and O–H groups in total. The van der Waals surface area contributed by atoms with Gasteiger partial charge in [-0.15, -0.1) is 0 Å². The highest BCUT2D eigenvalue weighted by atomic mass is 16.6. The quantitative estimate of drug-likeness (QED) is 0.283. The number of Topliss-reactive ketones (excluding diaryl/α,β-unsaturated/α-hetero) is 2. The van der Waals surface area contributed by atoms with Gasteiger partial charge >= 0.3 is 11.8 Å². The summed E-state index contributed by atoms with van der Waals surface area (Å²) in [6.45, 7) is 0. The van der Waals surface area contributed by atoms with Crippen LogP contribution in [0.5, 0.6) is 0 Å². The lowest BCUT2D eigenvalue weighted by atomic mass is 10.1. The van der Waals surface area contributed by atoms with E-state index in [0.717, 1.165) is 0 Å². The third-order valence-corrected chi connectivity index (χ3v) is 1.35. The molecule has 0 radical (unpaired) electrons. The van der Waals surface area contributed by atoms with Gasteiger partial charge in [-0.1, -0.05) is 0 Å². The first-order valence-corrected chi connectivity index (χ1v) is 3.00. The minimum atomic E-state index is -1.76. The molecule has 1 rings (SSSR count). The van der Waals surface area contributed by atoms with E-state index in [4.69, 9.17) is 5.11 Å². The van der Waals surface area contributed by atoms with Crippen molar-refractivity contribution < 1.29 is 29.0 Å². The molecule has 1 aliphatic rings. The average Bonchev–Trinajstić information content (AvgIpc) is 2.32. The highest BCUT2D eigenvalue weighted by Crippen LogP contribution is 2.09. The Morgan fingerprint density at radius 3 is 2.33 bits per heavy atom. The highest BCUT2D eigenvalue weighted by Gasteiger charge is 2.45. The Morgan fingerprint density at radius 1 is 1.42 bits per heavy atom. The molecule has 0 aromatic heterocycles. The Balaban J connectivity index is 2.84. The van der Waals surface area contributed by atoms with Gasteiger partial charge in [-0.25, -0.2) is 4.79 Å². The second-order valence-electron chi connectivity index (χ2n) is 2.15. The molecule has 0 spiro atoms. The summed E-state index contributed by atoms with van der Waals surface area (Å²) in [5.74, 6) is -3.84. The molecule has 0 aliphatic carbocycles. The predicted molar refractivity (Wildman–Crippen MR) is 32.0 cm³/mol. The van der Waals surface area contributed by atoms with Crippen molar-refractivity contribution in [3.63, 3.8) is 0 Å². The number of carbonyl (C=O) groups is 4. The van der Waals surface area contributed by atoms with Gasteiger partial charge in [0.2, 0.25) is 6.10 Å². The Kier molecular flexibility index (Phi) is 2.01. The molecule has 12 heavy (non-hydrogen) atoms. The number of aliphatic hydroxyl groups is 1. The van der Waals surface area contributed by atoms with Crippen molar-refractivity contribution in [2.24, 2.45) is 0 Å². The monoisotopic (exact) mass is 172 g/mol. The van der Waals surface area contributed by atoms with Crippen LogP contribution < -0.4 is 0 Å². The predicted octanol–water partition coefficient (Wildman–Crippen LogP) is -2.39. The number of esters is 1. The number of carbonyl (C=O) groups excluding carboxylic acids is 4. The van der Waals surface area contributed by atoms with Gasteiger partial charge in [0.05, 0.1) is 0 Å². The number of cyclic esters (lactones) is 1. The molecule has 64 valence electrons. The maximum Gasteiger partial charge on any atom is 0.383 e. The van der Waals surface area contributed by atoms with Crippen LogP contribution in [0.15, 0.2) is 0 Å². The molecule has 0 bridgehead atoms. The van der Waals surface area contributed by atoms with Crippen molar-refractivity contribution in [1.29, 1.82) is 0 Å². The number of ether oxygens (including phenoxy) is 1. The van der Waals surface area contributed by atoms with Gasteiger partial charge < -0.3 is 14.6 Å². The van der Waals surface area contributed by atoms with Gasteiger partial charge in [0.15, 0.2) is 12.4 Å². The van der Waals surface area contributed by atoms with E-state index in [-0.39, 0.29) is 6.29 Å². The third kappa shape index (κ3) is 1.12. The van der Waals surface area contributed by atoms with E-state index in [1.165, 1.54) is 0 Å². The first-order chi connectivity index (χ1) is 5.57. The molecule has 0 aromatic rings. The van der Waals surface area contributed by atoms with Crippen molar-refractivity contribution >= 4 is 23.8 Å². The number of aldehydes is 1. The Morgan fingerprint density at radius 2 is 2.00 bits per heavy atom. The summed E-state index contributed by atoms with van der Waals surface area (Å²) in [4.78, 5) is 41.5. The van der Waals surface area contributed by atoms with Gasteiger partial charge in [-0.3, -0.25) is 9.59 Å². The molecule has 1 saturated heterocycles. The van der Waals surface area contributed by atoms with Crippen LogP contribution in [0.4, 0.5) is 0 Å². The molecule has 1 fully saturated rings. The van der Waals surface area contributed by atoms with Gasteiger partial charge in [-0.05, 0) is 0 Å². The number of hydrogen-bond acceptors (Lipinski definition) is 6. The third-order valence-electron chi connectivity index (χ3n) is 1.35. The maximum absolute atomic E-state index is 10.7. The molecule has 6 nitrogen and oxygen atoms in total. The Labute approximate surface area is 66.1 Å². The van der Waals surface area contributed by atoms with Crippen LogP contribution in [0.1, 0.15) is 0 Å². The van der Waals surface area contributed by atoms with Crippen LogP contribution in [0.2, 0.25) is 0 Å². The number of rotatable bonds is 2. The highest BCUT2D eigenvalue weighted by molar-refractivity contribution is 6.65. The second kappa shape index (κ2) is 2.82. The summed E-state index contributed by atoms with van der Waals surface area (Å²) in [5, 5.41) is 8.75. The molecule has 0 amide bonds. The Hall–Kier alpha value is -1.56. The zero-order valence-corrected chi connectivity index (χ0v) is 5.72. The van der Waals surface area contributed by atoms with Gasteiger partial charge in [0, 0.05) is 0 Å². The molecule has 6 heteroatoms. The molecule has 2 atom stereocenters. The van der Waals surface area contributed by atoms with Crippen LogP contribution >= 0.6 is 0 Å². The molecular formula is C6H4O6. The SMILES string of the molecule is O=CC(O)C1OC(=O)C(=O)C1=O. The van der Waals surface area contributed by atoms with Crippen molar-refractivity contribution in [1.82, 2.24) is 0 Å². The summed E-state index contributed by atoms with van der Waals surface area (Å²) in [6.07, 6.45) is -3.38. The topological polar surface area (TPSA) is 97.7 Å². The van der Waals surface area contributed by atoms with E-state index >= 15 is 0 Å². The van der Waals surface area contributed by atoms with E-state index in [0.29, 0.717) is 0 Å². The molecule has 1 heterocycles. The number of aliphatic hydroxyl groups excluding tert-OH is 1. The second-order valence-corrected chi connectivity index (χ2v) is 2.15. The number of ketones is 2. The van der Waals surface area contributed by atoms with Crippen LogP contribution in [0.3, 0.4) is 0 Å². The van der Waals surface area contributed by atoms with Gasteiger partial charge in [0.25, 0.3) is 5.78 Å². The first kappa shape index (κ1) is 8.54. The van der Waals surface area contributed by atoms with Crippen molar-refractivity contribution in [3.05, 3.63) is 0 Å². The van der Waals surface area contributed by atoms with Crippen LogP contribution in [0, 0.1) is 0 Å². The molecule has 0 saturated carbocycles. The van der Waals surface area contributed by atoms with E-state index in [2.05, 4.69) is 4.74 Å². The van der Waals surface area contributed by atoms with Gasteiger partial charge in [-0.2, -0.15) is 0 Å². The standard InChI is InChI=1S/C6H4O6/c7-1-2(8)5-3(9)4(10)6(11)12-5/h1-2,5,8H. The summed E-state index contributed by atoms with van der Waals surface area (Å²) < 4.78 is 4.12. The fourth-order valence-corrected chi connectivity index (χ4v) is 0.748. The summed E-state index contributed by atoms with van der Waals surface area (Å²) >= 11 is 0. The van der Waals surface area contributed by atoms with Crippen molar-refractivity contribution in [3.8, 4) is 0 Å². The molecule has 2 unspecified atom stereocenters. The first-order valence-electron chi connectivity index (χ1n) is 3.00. The van der Waals surface area contributed by atoms with E-state index in [1.807, 2.05) is 0 Å². The van der Waals surface area contributed by atoms with Crippen molar-refractivity contribution in [2.75, 3.05) is 0 Å². The minimum absolute atomic E-state index is 0.0223. The summed E-state index contributed by atoms with van der Waals surface area (Å²) in [7, 11) is 0. The molecule has 0 aromatic carbocycles. The lowest BCUT2D eigenvalue weighted by molar-refractivity contribution is -0.151. The van der Waals surface area contributed by atoms with E-state index in [1.54, 1.807) is 0 Å². The van der Waals surface area contributed by atoms with Gasteiger partial charge in [0.1, 0.15) is 0 Å². The van der Waals surface area contributed by atoms with E-state index in [9.17, 15) is 19.2 Å². The van der Waals surface area contributed by atoms with E-state index < -0.39 is 29.7 Å². The normalized spacial score (nSPS) is 25.4. The summed E-state index contributed by atoms with van der Waals surface area (Å²) in [6, 6.07) is 0.